The van der Waals surface area contributed by atoms with Crippen molar-refractivity contribution in [2.45, 2.75) is 72.3 Å². The van der Waals surface area contributed by atoms with Gasteiger partial charge in [0, 0.05) is 6.07 Å². The van der Waals surface area contributed by atoms with Crippen LogP contribution >= 0.6 is 0 Å². The third kappa shape index (κ3) is 3.85. The Morgan fingerprint density at radius 3 is 2.26 bits per heavy atom. The molecule has 2 aliphatic carbocycles. The number of aliphatic hydroxyl groups excluding tert-OH is 1. The highest BCUT2D eigenvalue weighted by atomic mass is 16.5. The smallest absolute Gasteiger partial charge is 0.122 e. The zero-order valence-electron chi connectivity index (χ0n) is 18.0. The van der Waals surface area contributed by atoms with Gasteiger partial charge >= 0.3 is 0 Å². The molecule has 5 atom stereocenters. The van der Waals surface area contributed by atoms with E-state index in [1.807, 2.05) is 18.2 Å². The lowest BCUT2D eigenvalue weighted by Crippen LogP contribution is -2.51. The second-order valence-electron chi connectivity index (χ2n) is 9.96. The van der Waals surface area contributed by atoms with Crippen LogP contribution in [-0.4, -0.2) is 19.3 Å². The molecule has 2 aliphatic rings. The van der Waals surface area contributed by atoms with E-state index in [9.17, 15) is 5.11 Å². The van der Waals surface area contributed by atoms with E-state index in [0.717, 1.165) is 29.4 Å². The van der Waals surface area contributed by atoms with Gasteiger partial charge in [0.15, 0.2) is 0 Å². The molecule has 0 spiro atoms. The maximum Gasteiger partial charge on any atom is 0.122 e. The molecule has 3 heteroatoms. The van der Waals surface area contributed by atoms with Crippen LogP contribution in [0, 0.1) is 28.6 Å². The summed E-state index contributed by atoms with van der Waals surface area (Å²) in [5.41, 5.74) is 1.64. The predicted octanol–water partition coefficient (Wildman–Crippen LogP) is 6.01. The number of methoxy groups -OCH3 is 2. The van der Waals surface area contributed by atoms with Gasteiger partial charge in [-0.15, -0.1) is 0 Å². The Morgan fingerprint density at radius 1 is 1.04 bits per heavy atom. The van der Waals surface area contributed by atoms with Crippen LogP contribution < -0.4 is 9.47 Å². The van der Waals surface area contributed by atoms with Gasteiger partial charge in [0.2, 0.25) is 0 Å². The third-order valence-electron chi connectivity index (χ3n) is 7.96. The fraction of sp³-hybridized carbons (Fsp3) is 0.750. The first-order valence-electron chi connectivity index (χ1n) is 10.6. The van der Waals surface area contributed by atoms with Crippen molar-refractivity contribution < 1.29 is 14.6 Å². The van der Waals surface area contributed by atoms with E-state index in [1.54, 1.807) is 14.2 Å². The summed E-state index contributed by atoms with van der Waals surface area (Å²) in [6, 6.07) is 5.76. The first-order valence-corrected chi connectivity index (χ1v) is 10.6. The van der Waals surface area contributed by atoms with Gasteiger partial charge in [0.25, 0.3) is 0 Å². The standard InChI is InChI=1S/C24H38O3/c1-16-8-9-22-23(2,3)10-7-11-24(22,4)20(16)15-21(25)17-12-18(26-5)14-19(13-17)27-6/h12-14,16,20-22,25H,7-11,15H2,1-6H3/t16-,20-,21?,22-,24+/m0/s1. The van der Waals surface area contributed by atoms with Gasteiger partial charge in [0.1, 0.15) is 11.5 Å². The van der Waals surface area contributed by atoms with Crippen LogP contribution in [0.4, 0.5) is 0 Å². The van der Waals surface area contributed by atoms with Crippen molar-refractivity contribution in [3.63, 3.8) is 0 Å². The molecular formula is C24H38O3. The number of fused-ring (bicyclic) bond motifs is 1. The van der Waals surface area contributed by atoms with E-state index in [1.165, 1.54) is 32.1 Å². The van der Waals surface area contributed by atoms with Crippen LogP contribution in [0.5, 0.6) is 11.5 Å². The normalized spacial score (nSPS) is 33.8. The number of aliphatic hydroxyl groups is 1. The lowest BCUT2D eigenvalue weighted by atomic mass is 9.46. The van der Waals surface area contributed by atoms with Gasteiger partial charge in [-0.2, -0.15) is 0 Å². The minimum atomic E-state index is -0.484. The molecule has 0 radical (unpaired) electrons. The summed E-state index contributed by atoms with van der Waals surface area (Å²) in [6.07, 6.45) is 6.90. The number of rotatable bonds is 5. The van der Waals surface area contributed by atoms with Gasteiger partial charge in [-0.1, -0.05) is 40.5 Å². The molecule has 152 valence electrons. The lowest BCUT2D eigenvalue weighted by molar-refractivity contribution is -0.106. The highest BCUT2D eigenvalue weighted by Gasteiger charge is 2.53. The molecule has 0 aromatic heterocycles. The largest absolute Gasteiger partial charge is 0.497 e. The molecule has 0 bridgehead atoms. The van der Waals surface area contributed by atoms with E-state index >= 15 is 0 Å². The maximum absolute atomic E-state index is 11.2. The molecule has 2 fully saturated rings. The SMILES string of the molecule is COc1cc(OC)cc(C(O)C[C@H]2[C@@H](C)CC[C@H]3C(C)(C)CCC[C@]23C)c1. The van der Waals surface area contributed by atoms with Gasteiger partial charge in [0.05, 0.1) is 20.3 Å². The van der Waals surface area contributed by atoms with Crippen molar-refractivity contribution in [3.8, 4) is 11.5 Å². The number of ether oxygens (including phenoxy) is 2. The van der Waals surface area contributed by atoms with Crippen molar-refractivity contribution >= 4 is 0 Å². The zero-order valence-corrected chi connectivity index (χ0v) is 18.0. The van der Waals surface area contributed by atoms with Crippen LogP contribution in [0.1, 0.15) is 77.9 Å². The molecule has 27 heavy (non-hydrogen) atoms. The van der Waals surface area contributed by atoms with Gasteiger partial charge < -0.3 is 14.6 Å². The maximum atomic E-state index is 11.2. The minimum Gasteiger partial charge on any atom is -0.497 e. The molecule has 0 heterocycles. The average molecular weight is 375 g/mol. The Labute approximate surface area is 165 Å². The first kappa shape index (κ1) is 20.5. The Balaban J connectivity index is 1.86. The number of hydrogen-bond donors (Lipinski definition) is 1. The van der Waals surface area contributed by atoms with Crippen molar-refractivity contribution in [3.05, 3.63) is 23.8 Å². The molecule has 1 aromatic carbocycles. The summed E-state index contributed by atoms with van der Waals surface area (Å²) in [5.74, 6) is 3.43. The molecule has 3 nitrogen and oxygen atoms in total. The molecular weight excluding hydrogens is 336 g/mol. The molecule has 0 amide bonds. The second-order valence-corrected chi connectivity index (χ2v) is 9.96. The molecule has 0 aliphatic heterocycles. The van der Waals surface area contributed by atoms with Crippen LogP contribution in [0.2, 0.25) is 0 Å². The summed E-state index contributed by atoms with van der Waals surface area (Å²) in [6.45, 7) is 9.83. The third-order valence-corrected chi connectivity index (χ3v) is 7.96. The second kappa shape index (κ2) is 7.66. The van der Waals surface area contributed by atoms with E-state index in [0.29, 0.717) is 22.7 Å². The Kier molecular flexibility index (Phi) is 5.82. The quantitative estimate of drug-likeness (QED) is 0.686. The fourth-order valence-electron chi connectivity index (χ4n) is 6.51. The highest BCUT2D eigenvalue weighted by molar-refractivity contribution is 5.39. The summed E-state index contributed by atoms with van der Waals surface area (Å²) >= 11 is 0. The van der Waals surface area contributed by atoms with Crippen molar-refractivity contribution in [1.82, 2.24) is 0 Å². The van der Waals surface area contributed by atoms with Crippen LogP contribution in [0.25, 0.3) is 0 Å². The minimum absolute atomic E-state index is 0.323. The topological polar surface area (TPSA) is 38.7 Å². The van der Waals surface area contributed by atoms with E-state index < -0.39 is 6.10 Å². The summed E-state index contributed by atoms with van der Waals surface area (Å²) in [7, 11) is 3.31. The van der Waals surface area contributed by atoms with Crippen LogP contribution in [-0.2, 0) is 0 Å². The highest BCUT2D eigenvalue weighted by Crippen LogP contribution is 2.62. The molecule has 2 saturated carbocycles. The monoisotopic (exact) mass is 374 g/mol. The first-order chi connectivity index (χ1) is 12.7. The zero-order chi connectivity index (χ0) is 19.8. The Morgan fingerprint density at radius 2 is 1.67 bits per heavy atom. The summed E-state index contributed by atoms with van der Waals surface area (Å²) < 4.78 is 10.8. The van der Waals surface area contributed by atoms with Crippen LogP contribution in [0.15, 0.2) is 18.2 Å². The number of hydrogen-bond acceptors (Lipinski definition) is 3. The van der Waals surface area contributed by atoms with Gasteiger partial charge in [-0.05, 0) is 72.0 Å². The van der Waals surface area contributed by atoms with Crippen molar-refractivity contribution in [1.29, 1.82) is 0 Å². The average Bonchev–Trinajstić information content (AvgIpc) is 2.63. The van der Waals surface area contributed by atoms with Crippen molar-refractivity contribution in [2.75, 3.05) is 14.2 Å². The van der Waals surface area contributed by atoms with Gasteiger partial charge in [-0.3, -0.25) is 0 Å². The van der Waals surface area contributed by atoms with Gasteiger partial charge in [-0.25, -0.2) is 0 Å². The van der Waals surface area contributed by atoms with E-state index in [4.69, 9.17) is 9.47 Å². The molecule has 1 aromatic rings. The Hall–Kier alpha value is -1.22. The molecule has 1 unspecified atom stereocenters. The van der Waals surface area contributed by atoms with Crippen molar-refractivity contribution in [2.24, 2.45) is 28.6 Å². The fourth-order valence-corrected chi connectivity index (χ4v) is 6.51. The van der Waals surface area contributed by atoms with E-state index in [-0.39, 0.29) is 0 Å². The summed E-state index contributed by atoms with van der Waals surface area (Å²) in [4.78, 5) is 0. The lowest BCUT2D eigenvalue weighted by Gasteiger charge is -2.59. The van der Waals surface area contributed by atoms with Crippen LogP contribution in [0.3, 0.4) is 0 Å². The molecule has 1 N–H and O–H groups in total. The number of benzene rings is 1. The molecule has 0 saturated heterocycles. The summed E-state index contributed by atoms with van der Waals surface area (Å²) in [5, 5.41) is 11.2. The predicted molar refractivity (Wildman–Crippen MR) is 110 cm³/mol. The molecule has 3 rings (SSSR count). The Bertz CT molecular complexity index is 631. The van der Waals surface area contributed by atoms with E-state index in [2.05, 4.69) is 27.7 Å².